The van der Waals surface area contributed by atoms with Gasteiger partial charge in [0.05, 0.1) is 10.4 Å². The van der Waals surface area contributed by atoms with Gasteiger partial charge in [-0.15, -0.1) is 0 Å². The van der Waals surface area contributed by atoms with E-state index in [0.717, 1.165) is 0 Å². The number of fused-ring (bicyclic) bond motifs is 1. The van der Waals surface area contributed by atoms with E-state index >= 15 is 0 Å². The highest BCUT2D eigenvalue weighted by atomic mass is 35.5. The van der Waals surface area contributed by atoms with Crippen LogP contribution in [0.1, 0.15) is 0 Å². The maximum absolute atomic E-state index is 10.8. The van der Waals surface area contributed by atoms with E-state index in [1.165, 1.54) is 12.1 Å². The monoisotopic (exact) mass is 232 g/mol. The quantitative estimate of drug-likeness (QED) is 0.744. The summed E-state index contributed by atoms with van der Waals surface area (Å²) in [5.41, 5.74) is 0.259. The van der Waals surface area contributed by atoms with E-state index in [0.29, 0.717) is 0 Å². The summed E-state index contributed by atoms with van der Waals surface area (Å²) in [5, 5.41) is 0.216. The molecular formula is C7H3ClNO4S-. The van der Waals surface area contributed by atoms with Gasteiger partial charge in [0.25, 0.3) is 0 Å². The number of aromatic amines is 1. The number of oxazole rings is 1. The number of hydrogen-bond donors (Lipinski definition) is 1. The zero-order valence-electron chi connectivity index (χ0n) is 6.57. The van der Waals surface area contributed by atoms with Crippen LogP contribution in [0, 0.1) is 0 Å². The van der Waals surface area contributed by atoms with Crippen LogP contribution in [0.2, 0.25) is 5.02 Å². The summed E-state index contributed by atoms with van der Waals surface area (Å²) in [4.78, 5) is 13.0. The van der Waals surface area contributed by atoms with E-state index in [1.807, 2.05) is 0 Å². The van der Waals surface area contributed by atoms with Crippen LogP contribution < -0.4 is 5.76 Å². The predicted octanol–water partition coefficient (Wildman–Crippen LogP) is 1.01. The molecule has 2 rings (SSSR count). The fourth-order valence-corrected chi connectivity index (χ4v) is 1.93. The second-order valence-corrected chi connectivity index (χ2v) is 3.88. The Labute approximate surface area is 85.0 Å². The first-order valence-electron chi connectivity index (χ1n) is 3.49. The zero-order valence-corrected chi connectivity index (χ0v) is 8.15. The molecular weight excluding hydrogens is 230 g/mol. The van der Waals surface area contributed by atoms with Gasteiger partial charge in [-0.05, 0) is 23.2 Å². The van der Waals surface area contributed by atoms with Crippen LogP contribution in [0.4, 0.5) is 0 Å². The van der Waals surface area contributed by atoms with Gasteiger partial charge in [0.15, 0.2) is 5.58 Å². The average Bonchev–Trinajstić information content (AvgIpc) is 2.42. The Hall–Kier alpha value is -1.11. The number of hydrogen-bond acceptors (Lipinski definition) is 4. The molecule has 5 nitrogen and oxygen atoms in total. The van der Waals surface area contributed by atoms with E-state index in [-0.39, 0.29) is 21.0 Å². The molecule has 0 aliphatic carbocycles. The third kappa shape index (κ3) is 1.47. The van der Waals surface area contributed by atoms with Crippen LogP contribution in [0.3, 0.4) is 0 Å². The van der Waals surface area contributed by atoms with Crippen LogP contribution >= 0.6 is 11.6 Å². The van der Waals surface area contributed by atoms with Crippen LogP contribution in [0.25, 0.3) is 11.1 Å². The Balaban J connectivity index is 2.92. The normalized spacial score (nSPS) is 13.3. The predicted molar refractivity (Wildman–Crippen MR) is 49.0 cm³/mol. The van der Waals surface area contributed by atoms with Gasteiger partial charge in [-0.1, -0.05) is 11.6 Å². The van der Waals surface area contributed by atoms with E-state index in [1.54, 1.807) is 0 Å². The summed E-state index contributed by atoms with van der Waals surface area (Å²) < 4.78 is 26.1. The molecule has 74 valence electrons. The Bertz CT molecular complexity index is 573. The first-order valence-corrected chi connectivity index (χ1v) is 4.95. The minimum absolute atomic E-state index is 0.00673. The molecule has 1 aromatic carbocycles. The van der Waals surface area contributed by atoms with Crippen molar-refractivity contribution in [1.82, 2.24) is 4.98 Å². The highest BCUT2D eigenvalue weighted by Gasteiger charge is 2.09. The Morgan fingerprint density at radius 2 is 2.21 bits per heavy atom. The summed E-state index contributed by atoms with van der Waals surface area (Å²) in [5.74, 6) is -0.714. The molecule has 1 atom stereocenters. The minimum Gasteiger partial charge on any atom is -0.768 e. The van der Waals surface area contributed by atoms with Crippen molar-refractivity contribution in [3.63, 3.8) is 0 Å². The third-order valence-electron chi connectivity index (χ3n) is 1.63. The van der Waals surface area contributed by atoms with Crippen molar-refractivity contribution in [1.29, 1.82) is 0 Å². The molecule has 1 N–H and O–H groups in total. The van der Waals surface area contributed by atoms with Gasteiger partial charge in [0, 0.05) is 5.02 Å². The smallest absolute Gasteiger partial charge is 0.417 e. The third-order valence-corrected chi connectivity index (χ3v) is 2.51. The zero-order chi connectivity index (χ0) is 10.3. The lowest BCUT2D eigenvalue weighted by Gasteiger charge is -2.04. The number of H-pyrrole nitrogens is 1. The molecule has 7 heteroatoms. The molecule has 14 heavy (non-hydrogen) atoms. The average molecular weight is 233 g/mol. The molecule has 2 aromatic rings. The van der Waals surface area contributed by atoms with Gasteiger partial charge >= 0.3 is 5.76 Å². The molecule has 1 aromatic heterocycles. The first kappa shape index (κ1) is 9.45. The van der Waals surface area contributed by atoms with Crippen molar-refractivity contribution in [2.75, 3.05) is 0 Å². The first-order chi connectivity index (χ1) is 6.58. The summed E-state index contributed by atoms with van der Waals surface area (Å²) in [6.07, 6.45) is 0. The van der Waals surface area contributed by atoms with Gasteiger partial charge in [-0.25, -0.2) is 4.79 Å². The van der Waals surface area contributed by atoms with Crippen LogP contribution in [-0.2, 0) is 11.1 Å². The van der Waals surface area contributed by atoms with Crippen LogP contribution in [0.5, 0.6) is 0 Å². The maximum Gasteiger partial charge on any atom is 0.417 e. The number of rotatable bonds is 1. The van der Waals surface area contributed by atoms with Gasteiger partial charge in [-0.2, -0.15) is 0 Å². The molecule has 0 saturated carbocycles. The molecule has 0 saturated heterocycles. The molecule has 0 spiro atoms. The summed E-state index contributed by atoms with van der Waals surface area (Å²) in [6, 6.07) is 2.63. The van der Waals surface area contributed by atoms with Crippen molar-refractivity contribution in [2.45, 2.75) is 4.90 Å². The van der Waals surface area contributed by atoms with E-state index in [4.69, 9.17) is 11.6 Å². The Kier molecular flexibility index (Phi) is 2.18. The highest BCUT2D eigenvalue weighted by molar-refractivity contribution is 7.79. The molecule has 1 unspecified atom stereocenters. The topological polar surface area (TPSA) is 86.1 Å². The molecule has 0 bridgehead atoms. The molecule has 0 aliphatic rings. The van der Waals surface area contributed by atoms with Crippen molar-refractivity contribution >= 4 is 33.8 Å². The van der Waals surface area contributed by atoms with Crippen molar-refractivity contribution in [3.05, 3.63) is 27.7 Å². The van der Waals surface area contributed by atoms with E-state index < -0.39 is 16.8 Å². The fourth-order valence-electron chi connectivity index (χ4n) is 1.12. The van der Waals surface area contributed by atoms with Crippen LogP contribution in [0.15, 0.2) is 26.2 Å². The van der Waals surface area contributed by atoms with E-state index in [2.05, 4.69) is 9.40 Å². The highest BCUT2D eigenvalue weighted by Crippen LogP contribution is 2.23. The second-order valence-electron chi connectivity index (χ2n) is 2.53. The van der Waals surface area contributed by atoms with Gasteiger partial charge < -0.3 is 8.97 Å². The molecule has 1 heterocycles. The fraction of sp³-hybridized carbons (Fsp3) is 0. The molecule has 0 radical (unpaired) electrons. The van der Waals surface area contributed by atoms with Crippen molar-refractivity contribution in [3.8, 4) is 0 Å². The Morgan fingerprint density at radius 3 is 2.86 bits per heavy atom. The summed E-state index contributed by atoms with van der Waals surface area (Å²) in [6.45, 7) is 0. The molecule has 0 aliphatic heterocycles. The van der Waals surface area contributed by atoms with Crippen LogP contribution in [-0.4, -0.2) is 13.7 Å². The largest absolute Gasteiger partial charge is 0.768 e. The number of benzene rings is 1. The van der Waals surface area contributed by atoms with Crippen molar-refractivity contribution in [2.24, 2.45) is 0 Å². The number of aromatic nitrogens is 1. The number of nitrogens with one attached hydrogen (secondary N) is 1. The Morgan fingerprint density at radius 1 is 1.50 bits per heavy atom. The summed E-state index contributed by atoms with van der Waals surface area (Å²) in [7, 11) is 0. The molecule has 0 amide bonds. The van der Waals surface area contributed by atoms with Gasteiger partial charge in [0.1, 0.15) is 0 Å². The standard InChI is InChI=1S/C7H4ClNO4S/c8-3-1-4-6(13-7(10)9-4)5(2-3)14(11)12/h1-2H,(H,9,10)(H,11,12)/p-1. The molecule has 0 fully saturated rings. The minimum atomic E-state index is -2.49. The maximum atomic E-state index is 10.8. The van der Waals surface area contributed by atoms with Gasteiger partial charge in [0.2, 0.25) is 0 Å². The lowest BCUT2D eigenvalue weighted by molar-refractivity contribution is 0.526. The summed E-state index contributed by atoms with van der Waals surface area (Å²) >= 11 is 3.15. The van der Waals surface area contributed by atoms with E-state index in [9.17, 15) is 13.6 Å². The lowest BCUT2D eigenvalue weighted by Crippen LogP contribution is -1.92. The lowest BCUT2D eigenvalue weighted by atomic mass is 10.3. The SMILES string of the molecule is O=c1[nH]c2cc(Cl)cc(S(=O)[O-])c2o1. The van der Waals surface area contributed by atoms with Gasteiger partial charge in [-0.3, -0.25) is 9.19 Å². The second kappa shape index (κ2) is 3.23. The van der Waals surface area contributed by atoms with Crippen molar-refractivity contribution < 1.29 is 13.2 Å². The number of halogens is 1.